The molecule has 0 bridgehead atoms. The summed E-state index contributed by atoms with van der Waals surface area (Å²) in [7, 11) is -3.91. The number of carbonyl (C=O) groups excluding carboxylic acids is 2. The predicted molar refractivity (Wildman–Crippen MR) is 150 cm³/mol. The van der Waals surface area contributed by atoms with Crippen molar-refractivity contribution in [2.45, 2.75) is 63.6 Å². The predicted octanol–water partition coefficient (Wildman–Crippen LogP) is 4.06. The Morgan fingerprint density at radius 2 is 1.73 bits per heavy atom. The highest BCUT2D eigenvalue weighted by atomic mass is 32.2. The Bertz CT molecular complexity index is 1480. The largest absolute Gasteiger partial charge is 0.351 e. The van der Waals surface area contributed by atoms with E-state index >= 15 is 0 Å². The number of hydrogen-bond donors (Lipinski definition) is 1. The highest BCUT2D eigenvalue weighted by Gasteiger charge is 2.47. The first-order valence-corrected chi connectivity index (χ1v) is 15.1. The summed E-state index contributed by atoms with van der Waals surface area (Å²) in [5.74, 6) is -2.07. The average molecular weight is 566 g/mol. The van der Waals surface area contributed by atoms with Gasteiger partial charge in [0, 0.05) is 24.1 Å². The summed E-state index contributed by atoms with van der Waals surface area (Å²) in [6, 6.07) is 11.8. The average Bonchev–Trinajstić information content (AvgIpc) is 3.27. The van der Waals surface area contributed by atoms with E-state index in [0.717, 1.165) is 42.0 Å². The van der Waals surface area contributed by atoms with Crippen LogP contribution in [0.2, 0.25) is 0 Å². The van der Waals surface area contributed by atoms with Gasteiger partial charge in [-0.3, -0.25) is 14.5 Å². The number of hydrogen-bond acceptors (Lipinski definition) is 6. The molecule has 2 aliphatic rings. The van der Waals surface area contributed by atoms with Gasteiger partial charge in [-0.2, -0.15) is 0 Å². The molecule has 2 fully saturated rings. The van der Waals surface area contributed by atoms with Crippen molar-refractivity contribution in [3.8, 4) is 0 Å². The molecule has 2 atom stereocenters. The molecular weight excluding hydrogens is 533 g/mol. The fraction of sp³-hybridized carbons (Fsp3) is 0.379. The summed E-state index contributed by atoms with van der Waals surface area (Å²) < 4.78 is 41.7. The molecule has 1 saturated heterocycles. The van der Waals surface area contributed by atoms with Gasteiger partial charge in [-0.05, 0) is 61.6 Å². The number of anilines is 2. The SMILES string of the molecule is Cc1ccccc1[C@@H](C(=O)NC1CCCCC1)N(C(=O)[C@@H]1CCS(=O)(=O)N1c1ncccn1)c1cccc(F)c1. The van der Waals surface area contributed by atoms with Crippen LogP contribution < -0.4 is 14.5 Å². The van der Waals surface area contributed by atoms with Gasteiger partial charge in [0.05, 0.1) is 5.75 Å². The minimum absolute atomic E-state index is 0.0318. The van der Waals surface area contributed by atoms with Crippen molar-refractivity contribution in [1.82, 2.24) is 15.3 Å². The molecule has 0 spiro atoms. The van der Waals surface area contributed by atoms with Crippen LogP contribution in [0.3, 0.4) is 0 Å². The van der Waals surface area contributed by atoms with E-state index in [1.807, 2.05) is 19.1 Å². The van der Waals surface area contributed by atoms with E-state index in [0.29, 0.717) is 5.56 Å². The number of carbonyl (C=O) groups is 2. The fourth-order valence-corrected chi connectivity index (χ4v) is 7.22. The summed E-state index contributed by atoms with van der Waals surface area (Å²) in [6.45, 7) is 1.84. The molecule has 3 aromatic rings. The number of nitrogens with zero attached hydrogens (tertiary/aromatic N) is 4. The van der Waals surface area contributed by atoms with Gasteiger partial charge in [-0.1, -0.05) is 49.6 Å². The number of nitrogens with one attached hydrogen (secondary N) is 1. The van der Waals surface area contributed by atoms with E-state index in [1.54, 1.807) is 24.3 Å². The highest BCUT2D eigenvalue weighted by molar-refractivity contribution is 7.93. The third kappa shape index (κ3) is 5.70. The minimum atomic E-state index is -3.91. The minimum Gasteiger partial charge on any atom is -0.351 e. The van der Waals surface area contributed by atoms with Gasteiger partial charge in [0.1, 0.15) is 17.9 Å². The monoisotopic (exact) mass is 565 g/mol. The third-order valence-corrected chi connectivity index (χ3v) is 9.30. The second-order valence-electron chi connectivity index (χ2n) is 10.3. The van der Waals surface area contributed by atoms with Crippen molar-refractivity contribution < 1.29 is 22.4 Å². The summed E-state index contributed by atoms with van der Waals surface area (Å²) in [5, 5.41) is 3.13. The van der Waals surface area contributed by atoms with Crippen molar-refractivity contribution in [3.63, 3.8) is 0 Å². The van der Waals surface area contributed by atoms with E-state index in [4.69, 9.17) is 0 Å². The van der Waals surface area contributed by atoms with Crippen molar-refractivity contribution >= 4 is 33.5 Å². The van der Waals surface area contributed by atoms with Crippen LogP contribution in [0.5, 0.6) is 0 Å². The molecule has 1 aliphatic carbocycles. The Hall–Kier alpha value is -3.86. The lowest BCUT2D eigenvalue weighted by Crippen LogP contribution is -2.53. The van der Waals surface area contributed by atoms with Crippen molar-refractivity contribution in [1.29, 1.82) is 0 Å². The van der Waals surface area contributed by atoms with Crippen LogP contribution in [-0.2, 0) is 19.6 Å². The van der Waals surface area contributed by atoms with Crippen molar-refractivity contribution in [3.05, 3.63) is 83.9 Å². The molecule has 2 amide bonds. The molecule has 210 valence electrons. The maximum absolute atomic E-state index is 14.6. The maximum Gasteiger partial charge on any atom is 0.252 e. The fourth-order valence-electron chi connectivity index (χ4n) is 5.57. The van der Waals surface area contributed by atoms with Crippen molar-refractivity contribution in [2.24, 2.45) is 0 Å². The quantitative estimate of drug-likeness (QED) is 0.463. The molecule has 1 aliphatic heterocycles. The molecule has 1 aromatic heterocycles. The molecule has 1 saturated carbocycles. The lowest BCUT2D eigenvalue weighted by molar-refractivity contribution is -0.127. The van der Waals surface area contributed by atoms with Crippen LogP contribution in [0.15, 0.2) is 67.0 Å². The number of benzene rings is 2. The van der Waals surface area contributed by atoms with Crippen molar-refractivity contribution in [2.75, 3.05) is 15.0 Å². The number of rotatable bonds is 7. The molecule has 2 heterocycles. The first-order chi connectivity index (χ1) is 19.3. The molecule has 0 radical (unpaired) electrons. The van der Waals surface area contributed by atoms with Crippen LogP contribution in [0.4, 0.5) is 16.0 Å². The van der Waals surface area contributed by atoms with E-state index in [2.05, 4.69) is 15.3 Å². The number of aromatic nitrogens is 2. The zero-order valence-corrected chi connectivity index (χ0v) is 23.1. The number of amides is 2. The molecule has 2 aromatic carbocycles. The second-order valence-corrected chi connectivity index (χ2v) is 12.2. The number of aryl methyl sites for hydroxylation is 1. The van der Waals surface area contributed by atoms with Gasteiger partial charge in [0.15, 0.2) is 0 Å². The lowest BCUT2D eigenvalue weighted by atomic mass is 9.93. The highest BCUT2D eigenvalue weighted by Crippen LogP contribution is 2.35. The number of sulfonamides is 1. The van der Waals surface area contributed by atoms with Gasteiger partial charge in [-0.25, -0.2) is 27.1 Å². The Morgan fingerprint density at radius 1 is 1.00 bits per heavy atom. The van der Waals surface area contributed by atoms with Crippen LogP contribution >= 0.6 is 0 Å². The topological polar surface area (TPSA) is 113 Å². The molecular formula is C29H32FN5O4S. The molecule has 1 N–H and O–H groups in total. The van der Waals surface area contributed by atoms with Crippen LogP contribution in [0.25, 0.3) is 0 Å². The molecule has 40 heavy (non-hydrogen) atoms. The standard InChI is InChI=1S/C29H32FN5O4S/c1-20-9-5-6-14-24(20)26(27(36)33-22-11-3-2-4-12-22)34(23-13-7-10-21(30)19-23)28(37)25-15-18-40(38,39)35(25)29-31-16-8-17-32-29/h5-10,13-14,16-17,19,22,25-26H,2-4,11-12,15,18H2,1H3,(H,33,36)/t25-,26-/m0/s1. The molecule has 0 unspecified atom stereocenters. The van der Waals surface area contributed by atoms with E-state index in [-0.39, 0.29) is 29.9 Å². The first kappa shape index (κ1) is 27.7. The normalized spacial score (nSPS) is 19.6. The summed E-state index contributed by atoms with van der Waals surface area (Å²) in [4.78, 5) is 38.0. The van der Waals surface area contributed by atoms with Gasteiger partial charge in [0.25, 0.3) is 5.91 Å². The Balaban J connectivity index is 1.63. The van der Waals surface area contributed by atoms with Gasteiger partial charge in [-0.15, -0.1) is 0 Å². The number of halogens is 1. The van der Waals surface area contributed by atoms with Crippen LogP contribution in [-0.4, -0.2) is 48.0 Å². The zero-order chi connectivity index (χ0) is 28.3. The Labute approximate surface area is 233 Å². The molecule has 9 nitrogen and oxygen atoms in total. The van der Waals surface area contributed by atoms with E-state index in [1.165, 1.54) is 35.5 Å². The first-order valence-electron chi connectivity index (χ1n) is 13.5. The van der Waals surface area contributed by atoms with Gasteiger partial charge < -0.3 is 5.32 Å². The van der Waals surface area contributed by atoms with Crippen LogP contribution in [0.1, 0.15) is 55.7 Å². The Morgan fingerprint density at radius 3 is 2.42 bits per heavy atom. The lowest BCUT2D eigenvalue weighted by Gasteiger charge is -2.36. The second kappa shape index (κ2) is 11.7. The Kier molecular flexibility index (Phi) is 8.11. The molecule has 11 heteroatoms. The summed E-state index contributed by atoms with van der Waals surface area (Å²) in [6.07, 6.45) is 7.54. The third-order valence-electron chi connectivity index (χ3n) is 7.53. The smallest absolute Gasteiger partial charge is 0.252 e. The van der Waals surface area contributed by atoms with Crippen LogP contribution in [0, 0.1) is 12.7 Å². The zero-order valence-electron chi connectivity index (χ0n) is 22.2. The van der Waals surface area contributed by atoms with E-state index in [9.17, 15) is 22.4 Å². The van der Waals surface area contributed by atoms with Gasteiger partial charge >= 0.3 is 0 Å². The summed E-state index contributed by atoms with van der Waals surface area (Å²) >= 11 is 0. The van der Waals surface area contributed by atoms with E-state index < -0.39 is 39.7 Å². The molecule has 5 rings (SSSR count). The summed E-state index contributed by atoms with van der Waals surface area (Å²) in [5.41, 5.74) is 1.48. The maximum atomic E-state index is 14.6. The van der Waals surface area contributed by atoms with Gasteiger partial charge in [0.2, 0.25) is 21.9 Å².